The molecule has 4 aliphatic rings. The first-order valence-electron chi connectivity index (χ1n) is 10.2. The summed E-state index contributed by atoms with van der Waals surface area (Å²) >= 11 is 0. The van der Waals surface area contributed by atoms with E-state index in [-0.39, 0.29) is 34.9 Å². The van der Waals surface area contributed by atoms with Gasteiger partial charge >= 0.3 is 5.97 Å². The molecule has 0 aromatic heterocycles. The number of allylic oxidation sites excluding steroid dienone is 1. The Hall–Kier alpha value is -1.63. The zero-order valence-electron chi connectivity index (χ0n) is 16.5. The fourth-order valence-electron chi connectivity index (χ4n) is 7.28. The van der Waals surface area contributed by atoms with Gasteiger partial charge in [0.05, 0.1) is 0 Å². The molecule has 0 unspecified atom stereocenters. The number of halogens is 1. The van der Waals surface area contributed by atoms with Gasteiger partial charge in [0.1, 0.15) is 6.17 Å². The van der Waals surface area contributed by atoms with Crippen LogP contribution in [0, 0.1) is 40.9 Å². The van der Waals surface area contributed by atoms with Gasteiger partial charge in [0, 0.05) is 24.7 Å². The van der Waals surface area contributed by atoms with Crippen molar-refractivity contribution in [2.45, 2.75) is 77.5 Å². The maximum absolute atomic E-state index is 15.8. The van der Waals surface area contributed by atoms with Crippen LogP contribution in [-0.4, -0.2) is 23.5 Å². The largest absolute Gasteiger partial charge is 0.445 e. The van der Waals surface area contributed by atoms with Crippen LogP contribution in [0.5, 0.6) is 0 Å². The molecule has 0 bridgehead atoms. The number of hydrogen-bond acceptors (Lipinski definition) is 3. The van der Waals surface area contributed by atoms with Gasteiger partial charge in [-0.25, -0.2) is 4.39 Å². The number of fused-ring (bicyclic) bond motifs is 5. The first kappa shape index (κ1) is 18.7. The minimum atomic E-state index is -1.00. The summed E-state index contributed by atoms with van der Waals surface area (Å²) in [7, 11) is 0. The standard InChI is InChI=1S/C23H29FO3/c1-5-23(27-14(2)25)11-9-18-17-7-6-15-12-16(26)8-10-21(15,3)20(17)19(24)13-22(18,23)4/h1,12,17-20H,6-11,13H2,2-4H3/t17-,18-,19-,20+,21-,22-,23-/m0/s1. The molecular formula is C23H29FO3. The van der Waals surface area contributed by atoms with Gasteiger partial charge in [-0.3, -0.25) is 9.59 Å². The van der Waals surface area contributed by atoms with Gasteiger partial charge in [0.25, 0.3) is 0 Å². The van der Waals surface area contributed by atoms with E-state index in [1.807, 2.05) is 6.92 Å². The Labute approximate surface area is 161 Å². The molecule has 4 aliphatic carbocycles. The van der Waals surface area contributed by atoms with Gasteiger partial charge < -0.3 is 4.74 Å². The highest BCUT2D eigenvalue weighted by Crippen LogP contribution is 2.68. The van der Waals surface area contributed by atoms with Crippen molar-refractivity contribution in [2.75, 3.05) is 0 Å². The second-order valence-corrected chi connectivity index (χ2v) is 9.63. The highest BCUT2D eigenvalue weighted by Gasteiger charge is 2.68. The van der Waals surface area contributed by atoms with Gasteiger partial charge in [0.2, 0.25) is 0 Å². The van der Waals surface area contributed by atoms with Gasteiger partial charge in [-0.2, -0.15) is 0 Å². The van der Waals surface area contributed by atoms with Gasteiger partial charge in [-0.15, -0.1) is 6.42 Å². The van der Waals surface area contributed by atoms with Crippen molar-refractivity contribution in [3.8, 4) is 12.3 Å². The number of ether oxygens (including phenoxy) is 1. The Morgan fingerprint density at radius 3 is 2.70 bits per heavy atom. The summed E-state index contributed by atoms with van der Waals surface area (Å²) in [6.45, 7) is 5.58. The maximum Gasteiger partial charge on any atom is 0.304 e. The van der Waals surface area contributed by atoms with Crippen LogP contribution in [0.25, 0.3) is 0 Å². The lowest BCUT2D eigenvalue weighted by Gasteiger charge is -2.59. The molecule has 0 heterocycles. The SMILES string of the molecule is C#C[C@]1(OC(C)=O)CC[C@H]2[C@@H]3CCC4=CC(=O)CC[C@]4(C)[C@H]3[C@@H](F)C[C@@]21C. The summed E-state index contributed by atoms with van der Waals surface area (Å²) in [5, 5.41) is 0. The third-order valence-corrected chi connectivity index (χ3v) is 8.53. The Morgan fingerprint density at radius 2 is 2.04 bits per heavy atom. The molecule has 0 spiro atoms. The summed E-state index contributed by atoms with van der Waals surface area (Å²) in [5.74, 6) is 2.96. The zero-order chi connectivity index (χ0) is 19.6. The molecule has 0 radical (unpaired) electrons. The zero-order valence-corrected chi connectivity index (χ0v) is 16.5. The van der Waals surface area contributed by atoms with E-state index in [9.17, 15) is 9.59 Å². The summed E-state index contributed by atoms with van der Waals surface area (Å²) < 4.78 is 21.5. The lowest BCUT2D eigenvalue weighted by atomic mass is 9.46. The molecule has 146 valence electrons. The second-order valence-electron chi connectivity index (χ2n) is 9.63. The molecule has 0 aromatic rings. The Kier molecular flexibility index (Phi) is 4.11. The van der Waals surface area contributed by atoms with E-state index in [1.165, 1.54) is 6.92 Å². The number of hydrogen-bond donors (Lipinski definition) is 0. The highest BCUT2D eigenvalue weighted by atomic mass is 19.1. The number of ketones is 1. The van der Waals surface area contributed by atoms with E-state index in [0.29, 0.717) is 19.3 Å². The topological polar surface area (TPSA) is 43.4 Å². The van der Waals surface area contributed by atoms with E-state index in [4.69, 9.17) is 11.2 Å². The van der Waals surface area contributed by atoms with Crippen LogP contribution < -0.4 is 0 Å². The van der Waals surface area contributed by atoms with Crippen LogP contribution in [-0.2, 0) is 14.3 Å². The predicted octanol–water partition coefficient (Wildman–Crippen LogP) is 4.40. The van der Waals surface area contributed by atoms with E-state index >= 15 is 4.39 Å². The third kappa shape index (κ3) is 2.39. The molecule has 3 fully saturated rings. The second kappa shape index (κ2) is 5.93. The van der Waals surface area contributed by atoms with Crippen molar-refractivity contribution < 1.29 is 18.7 Å². The molecule has 0 aromatic carbocycles. The highest BCUT2D eigenvalue weighted by molar-refractivity contribution is 5.91. The number of carbonyl (C=O) groups excluding carboxylic acids is 2. The number of carbonyl (C=O) groups is 2. The van der Waals surface area contributed by atoms with Crippen LogP contribution in [0.2, 0.25) is 0 Å². The third-order valence-electron chi connectivity index (χ3n) is 8.53. The van der Waals surface area contributed by atoms with Gasteiger partial charge in [-0.05, 0) is 61.9 Å². The fourth-order valence-corrected chi connectivity index (χ4v) is 7.28. The van der Waals surface area contributed by atoms with E-state index in [1.54, 1.807) is 6.08 Å². The molecule has 27 heavy (non-hydrogen) atoms. The molecule has 0 saturated heterocycles. The molecule has 7 atom stereocenters. The van der Waals surface area contributed by atoms with Crippen molar-refractivity contribution in [1.82, 2.24) is 0 Å². The number of esters is 1. The fraction of sp³-hybridized carbons (Fsp3) is 0.739. The molecule has 0 amide bonds. The Morgan fingerprint density at radius 1 is 1.30 bits per heavy atom. The lowest BCUT2D eigenvalue weighted by Crippen LogP contribution is -2.59. The van der Waals surface area contributed by atoms with E-state index < -0.39 is 17.2 Å². The normalized spacial score (nSPS) is 48.6. The average Bonchev–Trinajstić information content (AvgIpc) is 2.87. The quantitative estimate of drug-likeness (QED) is 0.506. The molecular weight excluding hydrogens is 343 g/mol. The summed E-state index contributed by atoms with van der Waals surface area (Å²) in [6, 6.07) is 0. The number of terminal acetylenes is 1. The van der Waals surface area contributed by atoms with Gasteiger partial charge in [0.15, 0.2) is 11.4 Å². The van der Waals surface area contributed by atoms with Crippen molar-refractivity contribution in [2.24, 2.45) is 28.6 Å². The Balaban J connectivity index is 1.74. The van der Waals surface area contributed by atoms with E-state index in [2.05, 4.69) is 12.8 Å². The van der Waals surface area contributed by atoms with Crippen LogP contribution in [0.4, 0.5) is 4.39 Å². The van der Waals surface area contributed by atoms with Crippen molar-refractivity contribution in [3.05, 3.63) is 11.6 Å². The minimum absolute atomic E-state index is 0.0745. The molecule has 4 rings (SSSR count). The Bertz CT molecular complexity index is 764. The van der Waals surface area contributed by atoms with Crippen molar-refractivity contribution >= 4 is 11.8 Å². The molecule has 4 heteroatoms. The van der Waals surface area contributed by atoms with Crippen molar-refractivity contribution in [3.63, 3.8) is 0 Å². The summed E-state index contributed by atoms with van der Waals surface area (Å²) in [4.78, 5) is 23.7. The molecule has 0 aliphatic heterocycles. The maximum atomic E-state index is 15.8. The predicted molar refractivity (Wildman–Crippen MR) is 100 cm³/mol. The number of alkyl halides is 1. The van der Waals surface area contributed by atoms with E-state index in [0.717, 1.165) is 31.3 Å². The summed E-state index contributed by atoms with van der Waals surface area (Å²) in [5.41, 5.74) is -0.623. The van der Waals surface area contributed by atoms with Crippen LogP contribution in [0.1, 0.15) is 65.7 Å². The molecule has 3 saturated carbocycles. The molecule has 0 N–H and O–H groups in total. The first-order chi connectivity index (χ1) is 12.7. The van der Waals surface area contributed by atoms with Crippen molar-refractivity contribution in [1.29, 1.82) is 0 Å². The monoisotopic (exact) mass is 372 g/mol. The van der Waals surface area contributed by atoms with Gasteiger partial charge in [-0.1, -0.05) is 25.3 Å². The minimum Gasteiger partial charge on any atom is -0.445 e. The molecule has 3 nitrogen and oxygen atoms in total. The van der Waals surface area contributed by atoms with Crippen LogP contribution in [0.3, 0.4) is 0 Å². The first-order valence-corrected chi connectivity index (χ1v) is 10.2. The number of rotatable bonds is 1. The van der Waals surface area contributed by atoms with Crippen LogP contribution in [0.15, 0.2) is 11.6 Å². The average molecular weight is 372 g/mol. The lowest BCUT2D eigenvalue weighted by molar-refractivity contribution is -0.176. The van der Waals surface area contributed by atoms with Crippen LogP contribution >= 0.6 is 0 Å². The smallest absolute Gasteiger partial charge is 0.304 e. The summed E-state index contributed by atoms with van der Waals surface area (Å²) in [6.07, 6.45) is 11.5.